The molecule has 1 aromatic heterocycles. The molecule has 4 nitrogen and oxygen atoms in total. The molecule has 4 heteroatoms. The topological polar surface area (TPSA) is 54.3 Å². The molecule has 0 saturated heterocycles. The van der Waals surface area contributed by atoms with E-state index in [2.05, 4.69) is 5.32 Å². The number of hydrogen-bond donors (Lipinski definition) is 2. The van der Waals surface area contributed by atoms with E-state index in [0.29, 0.717) is 5.69 Å². The summed E-state index contributed by atoms with van der Waals surface area (Å²) in [5, 5.41) is 12.1. The van der Waals surface area contributed by atoms with Crippen molar-refractivity contribution in [1.82, 2.24) is 9.88 Å². The van der Waals surface area contributed by atoms with Gasteiger partial charge in [-0.1, -0.05) is 13.8 Å². The Hall–Kier alpha value is -1.29. The van der Waals surface area contributed by atoms with E-state index < -0.39 is 0 Å². The Bertz CT molecular complexity index is 369. The van der Waals surface area contributed by atoms with Crippen molar-refractivity contribution in [3.8, 4) is 0 Å². The first-order valence-corrected chi connectivity index (χ1v) is 6.06. The van der Waals surface area contributed by atoms with Crippen molar-refractivity contribution in [1.29, 1.82) is 0 Å². The molecule has 0 aromatic carbocycles. The van der Waals surface area contributed by atoms with E-state index in [1.165, 1.54) is 0 Å². The monoisotopic (exact) mass is 238 g/mol. The lowest BCUT2D eigenvalue weighted by atomic mass is 10.1. The number of nitrogens with one attached hydrogen (secondary N) is 1. The van der Waals surface area contributed by atoms with Crippen LogP contribution in [0.1, 0.15) is 44.2 Å². The zero-order valence-electron chi connectivity index (χ0n) is 11.0. The Morgan fingerprint density at radius 3 is 2.53 bits per heavy atom. The fourth-order valence-electron chi connectivity index (χ4n) is 1.70. The van der Waals surface area contributed by atoms with Crippen molar-refractivity contribution in [3.05, 3.63) is 24.0 Å². The van der Waals surface area contributed by atoms with Gasteiger partial charge in [-0.05, 0) is 31.9 Å². The lowest BCUT2D eigenvalue weighted by molar-refractivity contribution is 0.0886. The van der Waals surface area contributed by atoms with E-state index in [4.69, 9.17) is 0 Å². The van der Waals surface area contributed by atoms with Crippen molar-refractivity contribution in [2.75, 3.05) is 6.61 Å². The summed E-state index contributed by atoms with van der Waals surface area (Å²) in [7, 11) is 0. The lowest BCUT2D eigenvalue weighted by Gasteiger charge is -2.21. The van der Waals surface area contributed by atoms with Gasteiger partial charge >= 0.3 is 0 Å². The van der Waals surface area contributed by atoms with Gasteiger partial charge in [-0.2, -0.15) is 0 Å². The summed E-state index contributed by atoms with van der Waals surface area (Å²) in [6, 6.07) is 3.71. The Morgan fingerprint density at radius 2 is 2.06 bits per heavy atom. The van der Waals surface area contributed by atoms with Gasteiger partial charge in [0, 0.05) is 12.2 Å². The summed E-state index contributed by atoms with van der Waals surface area (Å²) < 4.78 is 1.92. The van der Waals surface area contributed by atoms with E-state index in [1.807, 2.05) is 44.5 Å². The predicted octanol–water partition coefficient (Wildman–Crippen LogP) is 1.82. The van der Waals surface area contributed by atoms with Gasteiger partial charge in [0.25, 0.3) is 5.91 Å². The zero-order valence-corrected chi connectivity index (χ0v) is 11.0. The largest absolute Gasteiger partial charge is 0.394 e. The highest BCUT2D eigenvalue weighted by Crippen LogP contribution is 2.11. The first-order chi connectivity index (χ1) is 7.97. The second kappa shape index (κ2) is 5.87. The van der Waals surface area contributed by atoms with Gasteiger partial charge in [0.15, 0.2) is 0 Å². The molecule has 1 atom stereocenters. The molecule has 2 N–H and O–H groups in total. The molecule has 1 rings (SSSR count). The second-order valence-electron chi connectivity index (χ2n) is 4.90. The summed E-state index contributed by atoms with van der Waals surface area (Å²) in [6.45, 7) is 7.97. The highest BCUT2D eigenvalue weighted by Gasteiger charge is 2.18. The minimum atomic E-state index is -0.196. The number of amides is 1. The van der Waals surface area contributed by atoms with Crippen molar-refractivity contribution in [2.45, 2.75) is 39.8 Å². The normalized spacial score (nSPS) is 13.1. The molecule has 1 amide bonds. The fourth-order valence-corrected chi connectivity index (χ4v) is 1.70. The Kier molecular flexibility index (Phi) is 4.75. The molecule has 0 spiro atoms. The SMILES string of the molecule is CC(C)C(CO)NC(=O)c1cccn1C(C)C. The number of carbonyl (C=O) groups excluding carboxylic acids is 1. The van der Waals surface area contributed by atoms with E-state index in [9.17, 15) is 9.90 Å². The van der Waals surface area contributed by atoms with Crippen LogP contribution in [0.2, 0.25) is 0 Å². The van der Waals surface area contributed by atoms with Crippen LogP contribution in [0.25, 0.3) is 0 Å². The van der Waals surface area contributed by atoms with Gasteiger partial charge in [-0.3, -0.25) is 4.79 Å². The molecular formula is C13H22N2O2. The van der Waals surface area contributed by atoms with E-state index in [1.54, 1.807) is 6.07 Å². The molecule has 1 heterocycles. The summed E-state index contributed by atoms with van der Waals surface area (Å²) >= 11 is 0. The molecule has 96 valence electrons. The molecule has 0 bridgehead atoms. The smallest absolute Gasteiger partial charge is 0.268 e. The lowest BCUT2D eigenvalue weighted by Crippen LogP contribution is -2.41. The van der Waals surface area contributed by atoms with Gasteiger partial charge in [0.1, 0.15) is 5.69 Å². The highest BCUT2D eigenvalue weighted by atomic mass is 16.3. The van der Waals surface area contributed by atoms with Crippen LogP contribution in [0.5, 0.6) is 0 Å². The Balaban J connectivity index is 2.79. The third-order valence-electron chi connectivity index (χ3n) is 2.89. The van der Waals surface area contributed by atoms with Crippen molar-refractivity contribution < 1.29 is 9.90 Å². The molecule has 0 aliphatic carbocycles. The Morgan fingerprint density at radius 1 is 1.41 bits per heavy atom. The van der Waals surface area contributed by atoms with Crippen molar-refractivity contribution in [2.24, 2.45) is 5.92 Å². The highest BCUT2D eigenvalue weighted by molar-refractivity contribution is 5.93. The van der Waals surface area contributed by atoms with Gasteiger partial charge in [-0.15, -0.1) is 0 Å². The molecule has 17 heavy (non-hydrogen) atoms. The molecule has 1 aromatic rings. The van der Waals surface area contributed by atoms with Crippen LogP contribution in [0, 0.1) is 5.92 Å². The summed E-state index contributed by atoms with van der Waals surface area (Å²) in [5.74, 6) is 0.0860. The summed E-state index contributed by atoms with van der Waals surface area (Å²) in [5.41, 5.74) is 0.638. The third-order valence-corrected chi connectivity index (χ3v) is 2.89. The van der Waals surface area contributed by atoms with Gasteiger partial charge in [-0.25, -0.2) is 0 Å². The molecule has 0 saturated carbocycles. The maximum Gasteiger partial charge on any atom is 0.268 e. The minimum Gasteiger partial charge on any atom is -0.394 e. The van der Waals surface area contributed by atoms with Gasteiger partial charge in [0.05, 0.1) is 12.6 Å². The predicted molar refractivity (Wildman–Crippen MR) is 68.0 cm³/mol. The second-order valence-corrected chi connectivity index (χ2v) is 4.90. The standard InChI is InChI=1S/C13H22N2O2/c1-9(2)11(8-16)14-13(17)12-6-5-7-15(12)10(3)4/h5-7,9-11,16H,8H2,1-4H3,(H,14,17). The number of nitrogens with zero attached hydrogens (tertiary/aromatic N) is 1. The van der Waals surface area contributed by atoms with Crippen LogP contribution in [-0.4, -0.2) is 28.2 Å². The van der Waals surface area contributed by atoms with Crippen LogP contribution in [0.4, 0.5) is 0 Å². The van der Waals surface area contributed by atoms with Crippen LogP contribution < -0.4 is 5.32 Å². The fraction of sp³-hybridized carbons (Fsp3) is 0.615. The van der Waals surface area contributed by atoms with Crippen molar-refractivity contribution in [3.63, 3.8) is 0 Å². The number of aliphatic hydroxyl groups excluding tert-OH is 1. The summed E-state index contributed by atoms with van der Waals surface area (Å²) in [4.78, 5) is 12.1. The molecule has 0 fully saturated rings. The molecule has 1 unspecified atom stereocenters. The average Bonchev–Trinajstić information content (AvgIpc) is 2.73. The molecule has 0 radical (unpaired) electrons. The van der Waals surface area contributed by atoms with Crippen LogP contribution in [-0.2, 0) is 0 Å². The maximum absolute atomic E-state index is 12.1. The maximum atomic E-state index is 12.1. The third kappa shape index (κ3) is 3.33. The molecule has 0 aliphatic heterocycles. The van der Waals surface area contributed by atoms with E-state index in [-0.39, 0.29) is 30.5 Å². The number of carbonyl (C=O) groups is 1. The summed E-state index contributed by atoms with van der Waals surface area (Å²) in [6.07, 6.45) is 1.89. The van der Waals surface area contributed by atoms with E-state index >= 15 is 0 Å². The Labute approximate surface area is 103 Å². The first-order valence-electron chi connectivity index (χ1n) is 6.06. The minimum absolute atomic E-state index is 0.0359. The van der Waals surface area contributed by atoms with Crippen LogP contribution in [0.15, 0.2) is 18.3 Å². The van der Waals surface area contributed by atoms with Gasteiger partial charge in [0.2, 0.25) is 0 Å². The first kappa shape index (κ1) is 13.8. The quantitative estimate of drug-likeness (QED) is 0.822. The molecule has 0 aliphatic rings. The van der Waals surface area contributed by atoms with Crippen molar-refractivity contribution >= 4 is 5.91 Å². The number of aliphatic hydroxyl groups is 1. The molecular weight excluding hydrogens is 216 g/mol. The van der Waals surface area contributed by atoms with Crippen LogP contribution >= 0.6 is 0 Å². The average molecular weight is 238 g/mol. The van der Waals surface area contributed by atoms with E-state index in [0.717, 1.165) is 0 Å². The zero-order chi connectivity index (χ0) is 13.0. The number of rotatable bonds is 5. The van der Waals surface area contributed by atoms with Gasteiger partial charge < -0.3 is 15.0 Å². The number of hydrogen-bond acceptors (Lipinski definition) is 2. The number of aromatic nitrogens is 1. The van der Waals surface area contributed by atoms with Crippen LogP contribution in [0.3, 0.4) is 0 Å².